The SMILES string of the molecule is CCOC(=O)C(C)C(=O)CCC(=O)O. The topological polar surface area (TPSA) is 80.7 Å². The molecule has 0 bridgehead atoms. The van der Waals surface area contributed by atoms with Gasteiger partial charge in [0.1, 0.15) is 11.7 Å². The van der Waals surface area contributed by atoms with E-state index in [4.69, 9.17) is 5.11 Å². The molecule has 0 saturated carbocycles. The molecule has 0 aliphatic heterocycles. The summed E-state index contributed by atoms with van der Waals surface area (Å²) >= 11 is 0. The van der Waals surface area contributed by atoms with E-state index in [1.165, 1.54) is 6.92 Å². The molecule has 5 heteroatoms. The highest BCUT2D eigenvalue weighted by Gasteiger charge is 2.22. The fourth-order valence-electron chi connectivity index (χ4n) is 0.845. The lowest BCUT2D eigenvalue weighted by molar-refractivity contribution is -0.151. The summed E-state index contributed by atoms with van der Waals surface area (Å²) in [5.74, 6) is -2.91. The Balaban J connectivity index is 3.98. The Morgan fingerprint density at radius 3 is 2.29 bits per heavy atom. The van der Waals surface area contributed by atoms with E-state index in [0.717, 1.165) is 0 Å². The first-order valence-corrected chi connectivity index (χ1v) is 4.40. The molecule has 0 aromatic carbocycles. The zero-order valence-electron chi connectivity index (χ0n) is 8.28. The minimum atomic E-state index is -1.05. The van der Waals surface area contributed by atoms with Gasteiger partial charge in [-0.25, -0.2) is 0 Å². The maximum Gasteiger partial charge on any atom is 0.316 e. The summed E-state index contributed by atoms with van der Waals surface area (Å²) in [7, 11) is 0. The molecule has 0 spiro atoms. The summed E-state index contributed by atoms with van der Waals surface area (Å²) in [5, 5.41) is 8.32. The molecule has 5 nitrogen and oxygen atoms in total. The highest BCUT2D eigenvalue weighted by molar-refractivity contribution is 5.99. The van der Waals surface area contributed by atoms with Gasteiger partial charge in [0.25, 0.3) is 0 Å². The average Bonchev–Trinajstić information content (AvgIpc) is 2.13. The highest BCUT2D eigenvalue weighted by atomic mass is 16.5. The molecule has 1 N–H and O–H groups in total. The largest absolute Gasteiger partial charge is 0.481 e. The van der Waals surface area contributed by atoms with Gasteiger partial charge in [-0.05, 0) is 13.8 Å². The molecule has 0 aromatic rings. The molecule has 0 fully saturated rings. The van der Waals surface area contributed by atoms with Gasteiger partial charge in [-0.2, -0.15) is 0 Å². The van der Waals surface area contributed by atoms with E-state index in [0.29, 0.717) is 0 Å². The van der Waals surface area contributed by atoms with E-state index in [9.17, 15) is 14.4 Å². The highest BCUT2D eigenvalue weighted by Crippen LogP contribution is 2.05. The van der Waals surface area contributed by atoms with Crippen molar-refractivity contribution in [2.24, 2.45) is 5.92 Å². The lowest BCUT2D eigenvalue weighted by Gasteiger charge is -2.08. The van der Waals surface area contributed by atoms with Gasteiger partial charge in [0, 0.05) is 6.42 Å². The molecular formula is C9H14O5. The molecule has 1 atom stereocenters. The van der Waals surface area contributed by atoms with Crippen molar-refractivity contribution in [3.8, 4) is 0 Å². The Hall–Kier alpha value is -1.39. The van der Waals surface area contributed by atoms with Gasteiger partial charge >= 0.3 is 11.9 Å². The van der Waals surface area contributed by atoms with Gasteiger partial charge in [-0.3, -0.25) is 14.4 Å². The van der Waals surface area contributed by atoms with E-state index >= 15 is 0 Å². The zero-order chi connectivity index (χ0) is 11.1. The molecule has 0 aliphatic carbocycles. The van der Waals surface area contributed by atoms with E-state index in [2.05, 4.69) is 4.74 Å². The van der Waals surface area contributed by atoms with Crippen LogP contribution >= 0.6 is 0 Å². The predicted molar refractivity (Wildman–Crippen MR) is 47.7 cm³/mol. The van der Waals surface area contributed by atoms with Gasteiger partial charge in [-0.1, -0.05) is 0 Å². The number of Topliss-reactive ketones (excluding diaryl/α,β-unsaturated/α-hetero) is 1. The lowest BCUT2D eigenvalue weighted by Crippen LogP contribution is -2.23. The summed E-state index contributed by atoms with van der Waals surface area (Å²) in [6.45, 7) is 3.28. The van der Waals surface area contributed by atoms with Crippen LogP contribution in [0.2, 0.25) is 0 Å². The number of hydrogen-bond donors (Lipinski definition) is 1. The van der Waals surface area contributed by atoms with Gasteiger partial charge in [0.2, 0.25) is 0 Å². The van der Waals surface area contributed by atoms with Crippen molar-refractivity contribution in [2.45, 2.75) is 26.7 Å². The van der Waals surface area contributed by atoms with Crippen molar-refractivity contribution in [1.82, 2.24) is 0 Å². The van der Waals surface area contributed by atoms with Gasteiger partial charge < -0.3 is 9.84 Å². The van der Waals surface area contributed by atoms with Crippen LogP contribution in [-0.4, -0.2) is 29.4 Å². The number of ether oxygens (including phenoxy) is 1. The van der Waals surface area contributed by atoms with Crippen molar-refractivity contribution in [1.29, 1.82) is 0 Å². The Morgan fingerprint density at radius 1 is 1.29 bits per heavy atom. The number of carbonyl (C=O) groups excluding carboxylic acids is 2. The molecular weight excluding hydrogens is 188 g/mol. The van der Waals surface area contributed by atoms with E-state index < -0.39 is 23.6 Å². The number of rotatable bonds is 6. The number of ketones is 1. The maximum atomic E-state index is 11.2. The minimum Gasteiger partial charge on any atom is -0.481 e. The zero-order valence-corrected chi connectivity index (χ0v) is 8.28. The first kappa shape index (κ1) is 12.6. The van der Waals surface area contributed by atoms with Gasteiger partial charge in [0.15, 0.2) is 0 Å². The summed E-state index contributed by atoms with van der Waals surface area (Å²) in [6, 6.07) is 0. The lowest BCUT2D eigenvalue weighted by atomic mass is 10.0. The monoisotopic (exact) mass is 202 g/mol. The second-order valence-corrected chi connectivity index (χ2v) is 2.83. The van der Waals surface area contributed by atoms with Crippen LogP contribution in [0.15, 0.2) is 0 Å². The number of esters is 1. The molecule has 14 heavy (non-hydrogen) atoms. The molecule has 80 valence electrons. The number of carboxylic acids is 1. The second-order valence-electron chi connectivity index (χ2n) is 2.83. The molecule has 0 aliphatic rings. The predicted octanol–water partition coefficient (Wildman–Crippen LogP) is 0.620. The van der Waals surface area contributed by atoms with E-state index in [1.807, 2.05) is 0 Å². The second kappa shape index (κ2) is 6.12. The van der Waals surface area contributed by atoms with Crippen LogP contribution in [0.25, 0.3) is 0 Å². The smallest absolute Gasteiger partial charge is 0.316 e. The molecule has 0 heterocycles. The standard InChI is InChI=1S/C9H14O5/c1-3-14-9(13)6(2)7(10)4-5-8(11)12/h6H,3-5H2,1-2H3,(H,11,12). The number of carboxylic acid groups (broad SMARTS) is 1. The van der Waals surface area contributed by atoms with Crippen molar-refractivity contribution >= 4 is 17.7 Å². The third kappa shape index (κ3) is 4.59. The van der Waals surface area contributed by atoms with Crippen LogP contribution in [0.1, 0.15) is 26.7 Å². The molecule has 0 amide bonds. The quantitative estimate of drug-likeness (QED) is 0.504. The third-order valence-electron chi connectivity index (χ3n) is 1.71. The number of hydrogen-bond acceptors (Lipinski definition) is 4. The maximum absolute atomic E-state index is 11.2. The van der Waals surface area contributed by atoms with Crippen LogP contribution in [0.5, 0.6) is 0 Å². The number of aliphatic carboxylic acids is 1. The summed E-state index contributed by atoms with van der Waals surface area (Å²) in [6.07, 6.45) is -0.377. The summed E-state index contributed by atoms with van der Waals surface area (Å²) in [4.78, 5) is 32.4. The molecule has 0 aromatic heterocycles. The molecule has 0 radical (unpaired) electrons. The third-order valence-corrected chi connectivity index (χ3v) is 1.71. The van der Waals surface area contributed by atoms with Crippen LogP contribution in [0.4, 0.5) is 0 Å². The van der Waals surface area contributed by atoms with Crippen LogP contribution in [-0.2, 0) is 19.1 Å². The molecule has 0 saturated heterocycles. The Labute approximate surface area is 82.1 Å². The first-order chi connectivity index (χ1) is 6.49. The van der Waals surface area contributed by atoms with Gasteiger partial charge in [-0.15, -0.1) is 0 Å². The van der Waals surface area contributed by atoms with Crippen LogP contribution in [0.3, 0.4) is 0 Å². The molecule has 0 rings (SSSR count). The number of carbonyl (C=O) groups is 3. The fourth-order valence-corrected chi connectivity index (χ4v) is 0.845. The van der Waals surface area contributed by atoms with E-state index in [1.54, 1.807) is 6.92 Å². The van der Waals surface area contributed by atoms with Crippen molar-refractivity contribution < 1.29 is 24.2 Å². The first-order valence-electron chi connectivity index (χ1n) is 4.40. The normalized spacial score (nSPS) is 11.9. The Morgan fingerprint density at radius 2 is 1.86 bits per heavy atom. The summed E-state index contributed by atoms with van der Waals surface area (Å²) in [5.41, 5.74) is 0. The summed E-state index contributed by atoms with van der Waals surface area (Å²) < 4.78 is 4.62. The van der Waals surface area contributed by atoms with Crippen molar-refractivity contribution in [3.05, 3.63) is 0 Å². The van der Waals surface area contributed by atoms with Gasteiger partial charge in [0.05, 0.1) is 13.0 Å². The minimum absolute atomic E-state index is 0.130. The fraction of sp³-hybridized carbons (Fsp3) is 0.667. The Kier molecular flexibility index (Phi) is 5.52. The van der Waals surface area contributed by atoms with E-state index in [-0.39, 0.29) is 19.4 Å². The van der Waals surface area contributed by atoms with Crippen LogP contribution < -0.4 is 0 Å². The Bertz CT molecular complexity index is 233. The van der Waals surface area contributed by atoms with Crippen molar-refractivity contribution in [2.75, 3.05) is 6.61 Å². The van der Waals surface area contributed by atoms with Crippen molar-refractivity contribution in [3.63, 3.8) is 0 Å². The average molecular weight is 202 g/mol. The van der Waals surface area contributed by atoms with Crippen LogP contribution in [0, 0.1) is 5.92 Å². The molecule has 1 unspecified atom stereocenters.